The van der Waals surface area contributed by atoms with Crippen molar-refractivity contribution in [3.63, 3.8) is 0 Å². The van der Waals surface area contributed by atoms with Gasteiger partial charge in [-0.25, -0.2) is 0 Å². The maximum atomic E-state index is 6.81. The molecule has 24 heavy (non-hydrogen) atoms. The quantitative estimate of drug-likeness (QED) is 0.567. The van der Waals surface area contributed by atoms with Gasteiger partial charge in [0.15, 0.2) is 0 Å². The van der Waals surface area contributed by atoms with Crippen LogP contribution in [0, 0.1) is 18.3 Å². The Balaban J connectivity index is 2.60. The normalized spacial score (nSPS) is 13.3. The van der Waals surface area contributed by atoms with Gasteiger partial charge in [0.05, 0.1) is 0 Å². The molecule has 2 heteroatoms. The predicted octanol–water partition coefficient (Wildman–Crippen LogP) is 4.22. The molecule has 1 unspecified atom stereocenters. The van der Waals surface area contributed by atoms with Crippen molar-refractivity contribution in [1.29, 1.82) is 0 Å². The van der Waals surface area contributed by atoms with E-state index in [9.17, 15) is 0 Å². The molecule has 0 saturated heterocycles. The first-order valence-corrected chi connectivity index (χ1v) is 10.6. The van der Waals surface area contributed by atoms with E-state index in [1.807, 2.05) is 0 Å². The fraction of sp³-hybridized carbons (Fsp3) is 0.364. The molecular weight excluding hydrogens is 308 g/mol. The third-order valence-corrected chi connectivity index (χ3v) is 9.65. The van der Waals surface area contributed by atoms with Gasteiger partial charge in [-0.05, 0) is 21.8 Å². The number of benzene rings is 2. The summed E-state index contributed by atoms with van der Waals surface area (Å²) < 4.78 is 6.81. The van der Waals surface area contributed by atoms with Crippen LogP contribution in [0.3, 0.4) is 0 Å². The molecular formula is C22H28OSi. The van der Waals surface area contributed by atoms with E-state index in [2.05, 4.69) is 94.3 Å². The van der Waals surface area contributed by atoms with E-state index in [1.54, 1.807) is 0 Å². The standard InChI is InChI=1S/C22H28OSi/c1-6-19(7-2)18-23-24(22(3,4)5,20-14-10-8-11-15-20)21-16-12-9-13-17-21/h1,8-17,19H,7,18H2,2-5H3. The summed E-state index contributed by atoms with van der Waals surface area (Å²) in [6, 6.07) is 21.4. The van der Waals surface area contributed by atoms with Crippen molar-refractivity contribution in [3.8, 4) is 12.3 Å². The maximum absolute atomic E-state index is 6.81. The fourth-order valence-electron chi connectivity index (χ4n) is 3.27. The van der Waals surface area contributed by atoms with E-state index < -0.39 is 8.32 Å². The van der Waals surface area contributed by atoms with Crippen molar-refractivity contribution in [2.45, 2.75) is 39.2 Å². The van der Waals surface area contributed by atoms with Crippen molar-refractivity contribution >= 4 is 18.7 Å². The van der Waals surface area contributed by atoms with E-state index >= 15 is 0 Å². The lowest BCUT2D eigenvalue weighted by atomic mass is 10.1. The summed E-state index contributed by atoms with van der Waals surface area (Å²) >= 11 is 0. The highest BCUT2D eigenvalue weighted by Gasteiger charge is 2.50. The average Bonchev–Trinajstić information content (AvgIpc) is 2.59. The van der Waals surface area contributed by atoms with Gasteiger partial charge in [-0.2, -0.15) is 0 Å². The molecule has 2 aromatic rings. The summed E-state index contributed by atoms with van der Waals surface area (Å²) in [5.41, 5.74) is 0. The molecule has 2 aromatic carbocycles. The Bertz CT molecular complexity index is 625. The second kappa shape index (κ2) is 7.83. The predicted molar refractivity (Wildman–Crippen MR) is 106 cm³/mol. The highest BCUT2D eigenvalue weighted by atomic mass is 28.4. The van der Waals surface area contributed by atoms with Gasteiger partial charge in [0, 0.05) is 12.5 Å². The van der Waals surface area contributed by atoms with Crippen molar-refractivity contribution in [2.24, 2.45) is 5.92 Å². The van der Waals surface area contributed by atoms with Crippen LogP contribution in [0.25, 0.3) is 0 Å². The van der Waals surface area contributed by atoms with Gasteiger partial charge >= 0.3 is 0 Å². The van der Waals surface area contributed by atoms with Crippen LogP contribution < -0.4 is 10.4 Å². The molecule has 0 fully saturated rings. The van der Waals surface area contributed by atoms with Gasteiger partial charge in [-0.15, -0.1) is 12.3 Å². The van der Waals surface area contributed by atoms with Crippen LogP contribution in [0.15, 0.2) is 60.7 Å². The van der Waals surface area contributed by atoms with Gasteiger partial charge in [0.2, 0.25) is 0 Å². The van der Waals surface area contributed by atoms with Gasteiger partial charge in [0.25, 0.3) is 8.32 Å². The number of terminal acetylenes is 1. The molecule has 0 heterocycles. The van der Waals surface area contributed by atoms with Crippen LogP contribution in [-0.2, 0) is 4.43 Å². The number of rotatable bonds is 6. The molecule has 0 N–H and O–H groups in total. The zero-order chi connectivity index (χ0) is 17.6. The van der Waals surface area contributed by atoms with Crippen LogP contribution in [0.4, 0.5) is 0 Å². The molecule has 0 spiro atoms. The van der Waals surface area contributed by atoms with Gasteiger partial charge in [-0.3, -0.25) is 0 Å². The topological polar surface area (TPSA) is 9.23 Å². The summed E-state index contributed by atoms with van der Waals surface area (Å²) in [6.45, 7) is 9.60. The highest BCUT2D eigenvalue weighted by Crippen LogP contribution is 2.37. The molecule has 0 aromatic heterocycles. The maximum Gasteiger partial charge on any atom is 0.261 e. The summed E-state index contributed by atoms with van der Waals surface area (Å²) in [5, 5.41) is 2.61. The van der Waals surface area contributed by atoms with Crippen LogP contribution in [0.1, 0.15) is 34.1 Å². The lowest BCUT2D eigenvalue weighted by Gasteiger charge is -2.43. The Kier molecular flexibility index (Phi) is 6.04. The number of hydrogen-bond donors (Lipinski definition) is 0. The molecule has 0 aliphatic heterocycles. The minimum atomic E-state index is -2.44. The first-order chi connectivity index (χ1) is 11.5. The Morgan fingerprint density at radius 2 is 1.42 bits per heavy atom. The van der Waals surface area contributed by atoms with Crippen molar-refractivity contribution in [3.05, 3.63) is 60.7 Å². The molecule has 2 rings (SSSR count). The molecule has 0 amide bonds. The Morgan fingerprint density at radius 1 is 0.958 bits per heavy atom. The summed E-state index contributed by atoms with van der Waals surface area (Å²) in [5.74, 6) is 3.03. The Labute approximate surface area is 148 Å². The molecule has 1 nitrogen and oxygen atoms in total. The minimum absolute atomic E-state index is 0.00258. The third-order valence-electron chi connectivity index (χ3n) is 4.65. The van der Waals surface area contributed by atoms with E-state index in [0.717, 1.165) is 6.42 Å². The molecule has 0 aliphatic rings. The average molecular weight is 337 g/mol. The molecule has 0 bridgehead atoms. The first kappa shape index (κ1) is 18.5. The Hall–Kier alpha value is -1.82. The molecule has 0 aliphatic carbocycles. The monoisotopic (exact) mass is 336 g/mol. The Morgan fingerprint density at radius 3 is 1.75 bits per heavy atom. The fourth-order valence-corrected chi connectivity index (χ4v) is 7.88. The van der Waals surface area contributed by atoms with Crippen molar-refractivity contribution in [2.75, 3.05) is 6.61 Å². The van der Waals surface area contributed by atoms with Crippen LogP contribution in [0.5, 0.6) is 0 Å². The lowest BCUT2D eigenvalue weighted by Crippen LogP contribution is -2.66. The third kappa shape index (κ3) is 3.64. The van der Waals surface area contributed by atoms with Crippen LogP contribution >= 0.6 is 0 Å². The molecule has 0 radical (unpaired) electrons. The van der Waals surface area contributed by atoms with Gasteiger partial charge < -0.3 is 4.43 Å². The van der Waals surface area contributed by atoms with E-state index in [4.69, 9.17) is 10.8 Å². The highest BCUT2D eigenvalue weighted by molar-refractivity contribution is 6.99. The first-order valence-electron chi connectivity index (χ1n) is 8.67. The van der Waals surface area contributed by atoms with Crippen LogP contribution in [0.2, 0.25) is 5.04 Å². The minimum Gasteiger partial charge on any atom is -0.406 e. The van der Waals surface area contributed by atoms with Crippen LogP contribution in [-0.4, -0.2) is 14.9 Å². The van der Waals surface area contributed by atoms with Gasteiger partial charge in [-0.1, -0.05) is 88.4 Å². The van der Waals surface area contributed by atoms with Gasteiger partial charge in [0.1, 0.15) is 0 Å². The lowest BCUT2D eigenvalue weighted by molar-refractivity contribution is 0.261. The molecule has 126 valence electrons. The SMILES string of the molecule is C#CC(CC)CO[Si](c1ccccc1)(c1ccccc1)C(C)(C)C. The van der Waals surface area contributed by atoms with Crippen molar-refractivity contribution < 1.29 is 4.43 Å². The molecule has 1 atom stereocenters. The zero-order valence-corrected chi connectivity index (χ0v) is 16.3. The molecule has 0 saturated carbocycles. The second-order valence-electron chi connectivity index (χ2n) is 7.25. The largest absolute Gasteiger partial charge is 0.406 e. The number of hydrogen-bond acceptors (Lipinski definition) is 1. The summed E-state index contributed by atoms with van der Waals surface area (Å²) in [6.07, 6.45) is 6.62. The van der Waals surface area contributed by atoms with E-state index in [0.29, 0.717) is 6.61 Å². The second-order valence-corrected chi connectivity index (χ2v) is 11.6. The smallest absolute Gasteiger partial charge is 0.261 e. The zero-order valence-electron chi connectivity index (χ0n) is 15.3. The van der Waals surface area contributed by atoms with E-state index in [1.165, 1.54) is 10.4 Å². The summed E-state index contributed by atoms with van der Waals surface area (Å²) in [7, 11) is -2.44. The van der Waals surface area contributed by atoms with Crippen molar-refractivity contribution in [1.82, 2.24) is 0 Å². The van der Waals surface area contributed by atoms with E-state index in [-0.39, 0.29) is 11.0 Å². The summed E-state index contributed by atoms with van der Waals surface area (Å²) in [4.78, 5) is 0.